The first-order valence-corrected chi connectivity index (χ1v) is 6.83. The second-order valence-corrected chi connectivity index (χ2v) is 5.64. The molecular weight excluding hydrogens is 202 g/mol. The minimum atomic E-state index is 0.754. The third-order valence-electron chi connectivity index (χ3n) is 2.63. The van der Waals surface area contributed by atoms with E-state index in [1.165, 1.54) is 17.7 Å². The Hall–Kier alpha value is -0.340. The molecule has 0 fully saturated rings. The van der Waals surface area contributed by atoms with Crippen LogP contribution in [0.1, 0.15) is 32.1 Å². The van der Waals surface area contributed by atoms with Gasteiger partial charge in [0.25, 0.3) is 0 Å². The smallest absolute Gasteiger partial charge is 0.00484 e. The molecule has 0 saturated heterocycles. The highest BCUT2D eigenvalue weighted by atomic mass is 32.1. The Bertz CT molecular complexity index is 241. The fraction of sp³-hybridized carbons (Fsp3) is 0.692. The van der Waals surface area contributed by atoms with E-state index >= 15 is 0 Å². The summed E-state index contributed by atoms with van der Waals surface area (Å²) in [7, 11) is 0. The lowest BCUT2D eigenvalue weighted by Crippen LogP contribution is -2.27. The van der Waals surface area contributed by atoms with Gasteiger partial charge in [0.05, 0.1) is 0 Å². The lowest BCUT2D eigenvalue weighted by atomic mass is 10.0. The van der Waals surface area contributed by atoms with Gasteiger partial charge in [-0.1, -0.05) is 33.3 Å². The summed E-state index contributed by atoms with van der Waals surface area (Å²) < 4.78 is 0. The Morgan fingerprint density at radius 1 is 1.33 bits per heavy atom. The maximum atomic E-state index is 3.55. The molecule has 0 bridgehead atoms. The van der Waals surface area contributed by atoms with Crippen LogP contribution < -0.4 is 5.32 Å². The van der Waals surface area contributed by atoms with Gasteiger partial charge in [0.15, 0.2) is 0 Å². The molecule has 0 aliphatic heterocycles. The maximum Gasteiger partial charge on any atom is 0.00484 e. The molecular formula is C13H23NS. The van der Waals surface area contributed by atoms with Gasteiger partial charge in [-0.2, -0.15) is 0 Å². The second-order valence-electron chi connectivity index (χ2n) is 4.61. The minimum absolute atomic E-state index is 0.754. The molecule has 1 aromatic rings. The van der Waals surface area contributed by atoms with Crippen LogP contribution in [0.15, 0.2) is 17.5 Å². The molecule has 1 atom stereocenters. The largest absolute Gasteiger partial charge is 0.316 e. The Morgan fingerprint density at radius 3 is 2.67 bits per heavy atom. The number of hydrogen-bond acceptors (Lipinski definition) is 2. The molecule has 0 amide bonds. The maximum absolute atomic E-state index is 3.55. The van der Waals surface area contributed by atoms with E-state index < -0.39 is 0 Å². The minimum Gasteiger partial charge on any atom is -0.316 e. The summed E-state index contributed by atoms with van der Waals surface area (Å²) in [5.41, 5.74) is 0. The highest BCUT2D eigenvalue weighted by Gasteiger charge is 2.07. The van der Waals surface area contributed by atoms with Crippen molar-refractivity contribution in [3.05, 3.63) is 22.4 Å². The summed E-state index contributed by atoms with van der Waals surface area (Å²) in [5.74, 6) is 1.55. The van der Waals surface area contributed by atoms with Crippen molar-refractivity contribution < 1.29 is 0 Å². The van der Waals surface area contributed by atoms with Crippen molar-refractivity contribution >= 4 is 11.3 Å². The van der Waals surface area contributed by atoms with E-state index in [1.54, 1.807) is 0 Å². The average molecular weight is 225 g/mol. The van der Waals surface area contributed by atoms with E-state index in [9.17, 15) is 0 Å². The molecule has 1 aromatic heterocycles. The molecule has 1 nitrogen and oxygen atoms in total. The molecule has 0 aromatic carbocycles. The Balaban J connectivity index is 2.24. The van der Waals surface area contributed by atoms with Crippen LogP contribution in [0.25, 0.3) is 0 Å². The number of hydrogen-bond donors (Lipinski definition) is 1. The van der Waals surface area contributed by atoms with E-state index in [2.05, 4.69) is 43.6 Å². The third-order valence-corrected chi connectivity index (χ3v) is 3.53. The lowest BCUT2D eigenvalue weighted by molar-refractivity contribution is 0.439. The molecule has 0 aliphatic carbocycles. The zero-order valence-corrected chi connectivity index (χ0v) is 10.9. The van der Waals surface area contributed by atoms with Crippen LogP contribution in [0.3, 0.4) is 0 Å². The van der Waals surface area contributed by atoms with E-state index in [0.717, 1.165) is 24.9 Å². The SMILES string of the molecule is CCC(CNCC(C)C)Cc1cccs1. The van der Waals surface area contributed by atoms with E-state index in [1.807, 2.05) is 11.3 Å². The Morgan fingerprint density at radius 2 is 2.13 bits per heavy atom. The van der Waals surface area contributed by atoms with Gasteiger partial charge >= 0.3 is 0 Å². The Labute approximate surface area is 97.9 Å². The highest BCUT2D eigenvalue weighted by Crippen LogP contribution is 2.16. The first-order chi connectivity index (χ1) is 7.22. The summed E-state index contributed by atoms with van der Waals surface area (Å²) in [6.45, 7) is 9.10. The highest BCUT2D eigenvalue weighted by molar-refractivity contribution is 7.09. The molecule has 1 rings (SSSR count). The summed E-state index contributed by atoms with van der Waals surface area (Å²) in [5, 5.41) is 5.72. The Kier molecular flexibility index (Phi) is 5.96. The van der Waals surface area contributed by atoms with Crippen LogP contribution in [0.2, 0.25) is 0 Å². The van der Waals surface area contributed by atoms with Crippen LogP contribution in [0.5, 0.6) is 0 Å². The summed E-state index contributed by atoms with van der Waals surface area (Å²) in [6.07, 6.45) is 2.50. The molecule has 1 unspecified atom stereocenters. The van der Waals surface area contributed by atoms with Crippen molar-refractivity contribution in [2.75, 3.05) is 13.1 Å². The van der Waals surface area contributed by atoms with Crippen molar-refractivity contribution in [3.63, 3.8) is 0 Å². The van der Waals surface area contributed by atoms with Gasteiger partial charge < -0.3 is 5.32 Å². The van der Waals surface area contributed by atoms with Crippen molar-refractivity contribution in [1.29, 1.82) is 0 Å². The number of rotatable bonds is 7. The molecule has 0 aliphatic rings. The van der Waals surface area contributed by atoms with Gasteiger partial charge in [-0.3, -0.25) is 0 Å². The quantitative estimate of drug-likeness (QED) is 0.748. The lowest BCUT2D eigenvalue weighted by Gasteiger charge is -2.15. The molecule has 2 heteroatoms. The standard InChI is InChI=1S/C13H23NS/c1-4-12(10-14-9-11(2)3)8-13-6-5-7-15-13/h5-7,11-12,14H,4,8-10H2,1-3H3. The van der Waals surface area contributed by atoms with Gasteiger partial charge in [-0.25, -0.2) is 0 Å². The van der Waals surface area contributed by atoms with Crippen molar-refractivity contribution in [1.82, 2.24) is 5.32 Å². The molecule has 15 heavy (non-hydrogen) atoms. The predicted octanol–water partition coefficient (Wildman–Crippen LogP) is 3.56. The molecule has 1 heterocycles. The molecule has 0 saturated carbocycles. The predicted molar refractivity (Wildman–Crippen MR) is 69.5 cm³/mol. The van der Waals surface area contributed by atoms with Crippen LogP contribution >= 0.6 is 11.3 Å². The zero-order valence-electron chi connectivity index (χ0n) is 10.1. The van der Waals surface area contributed by atoms with Gasteiger partial charge in [0.1, 0.15) is 0 Å². The summed E-state index contributed by atoms with van der Waals surface area (Å²) in [6, 6.07) is 4.39. The number of nitrogens with one attached hydrogen (secondary N) is 1. The van der Waals surface area contributed by atoms with Crippen LogP contribution in [-0.2, 0) is 6.42 Å². The van der Waals surface area contributed by atoms with E-state index in [0.29, 0.717) is 0 Å². The second kappa shape index (κ2) is 7.02. The summed E-state index contributed by atoms with van der Waals surface area (Å²) in [4.78, 5) is 1.52. The molecule has 0 spiro atoms. The molecule has 86 valence electrons. The fourth-order valence-electron chi connectivity index (χ4n) is 1.65. The first kappa shape index (κ1) is 12.7. The van der Waals surface area contributed by atoms with Gasteiger partial charge in [0.2, 0.25) is 0 Å². The normalized spacial score (nSPS) is 13.3. The zero-order chi connectivity index (χ0) is 11.1. The van der Waals surface area contributed by atoms with E-state index in [-0.39, 0.29) is 0 Å². The first-order valence-electron chi connectivity index (χ1n) is 5.95. The molecule has 1 N–H and O–H groups in total. The van der Waals surface area contributed by atoms with Crippen molar-refractivity contribution in [3.8, 4) is 0 Å². The van der Waals surface area contributed by atoms with Gasteiger partial charge in [-0.05, 0) is 42.8 Å². The van der Waals surface area contributed by atoms with Crippen LogP contribution in [0, 0.1) is 11.8 Å². The molecule has 0 radical (unpaired) electrons. The van der Waals surface area contributed by atoms with Gasteiger partial charge in [0, 0.05) is 4.88 Å². The van der Waals surface area contributed by atoms with Crippen LogP contribution in [0.4, 0.5) is 0 Å². The summed E-state index contributed by atoms with van der Waals surface area (Å²) >= 11 is 1.88. The van der Waals surface area contributed by atoms with E-state index in [4.69, 9.17) is 0 Å². The monoisotopic (exact) mass is 225 g/mol. The topological polar surface area (TPSA) is 12.0 Å². The van der Waals surface area contributed by atoms with Crippen LogP contribution in [-0.4, -0.2) is 13.1 Å². The average Bonchev–Trinajstić information content (AvgIpc) is 2.68. The third kappa shape index (κ3) is 5.33. The van der Waals surface area contributed by atoms with Crippen molar-refractivity contribution in [2.45, 2.75) is 33.6 Å². The van der Waals surface area contributed by atoms with Gasteiger partial charge in [-0.15, -0.1) is 11.3 Å². The van der Waals surface area contributed by atoms with Crippen molar-refractivity contribution in [2.24, 2.45) is 11.8 Å². The number of thiophene rings is 1. The fourth-order valence-corrected chi connectivity index (χ4v) is 2.47.